The maximum absolute atomic E-state index is 11.5. The van der Waals surface area contributed by atoms with Crippen molar-refractivity contribution in [3.8, 4) is 0 Å². The molecule has 0 aromatic carbocycles. The quantitative estimate of drug-likeness (QED) is 0.706. The second-order valence-electron chi connectivity index (χ2n) is 5.02. The molecular weight excluding hydrogens is 194 g/mol. The molecule has 0 spiro atoms. The summed E-state index contributed by atoms with van der Waals surface area (Å²) in [6.45, 7) is 9.44. The van der Waals surface area contributed by atoms with Crippen LogP contribution in [-0.4, -0.2) is 43.9 Å². The molecule has 0 aliphatic carbocycles. The number of amides is 1. The molecule has 0 saturated carbocycles. The van der Waals surface area contributed by atoms with Crippen molar-refractivity contribution < 1.29 is 14.3 Å². The first kappa shape index (κ1) is 12.3. The van der Waals surface area contributed by atoms with Gasteiger partial charge in [0.1, 0.15) is 0 Å². The van der Waals surface area contributed by atoms with Gasteiger partial charge < -0.3 is 14.4 Å². The number of ether oxygens (including phenoxy) is 2. The zero-order valence-electron chi connectivity index (χ0n) is 9.91. The molecule has 1 fully saturated rings. The van der Waals surface area contributed by atoms with E-state index in [1.807, 2.05) is 0 Å². The third kappa shape index (κ3) is 5.02. The molecule has 0 bridgehead atoms. The number of carbonyl (C=O) groups excluding carboxylic acids is 1. The van der Waals surface area contributed by atoms with Crippen molar-refractivity contribution in [1.82, 2.24) is 4.90 Å². The zero-order valence-corrected chi connectivity index (χ0v) is 9.91. The van der Waals surface area contributed by atoms with Crippen LogP contribution in [0.5, 0.6) is 0 Å². The minimum Gasteiger partial charge on any atom is -0.449 e. The predicted molar refractivity (Wildman–Crippen MR) is 57.8 cm³/mol. The average molecular weight is 215 g/mol. The van der Waals surface area contributed by atoms with Crippen LogP contribution in [0.1, 0.15) is 27.2 Å². The first-order valence-electron chi connectivity index (χ1n) is 5.48. The molecule has 1 aliphatic heterocycles. The van der Waals surface area contributed by atoms with Gasteiger partial charge in [0.15, 0.2) is 0 Å². The molecule has 0 unspecified atom stereocenters. The first-order valence-corrected chi connectivity index (χ1v) is 5.48. The van der Waals surface area contributed by atoms with E-state index in [0.29, 0.717) is 32.9 Å². The summed E-state index contributed by atoms with van der Waals surface area (Å²) in [7, 11) is 0. The molecule has 1 aliphatic rings. The van der Waals surface area contributed by atoms with Crippen molar-refractivity contribution in [2.75, 3.05) is 32.9 Å². The van der Waals surface area contributed by atoms with Gasteiger partial charge in [0.25, 0.3) is 0 Å². The Bertz CT molecular complexity index is 204. The fourth-order valence-corrected chi connectivity index (χ4v) is 1.28. The summed E-state index contributed by atoms with van der Waals surface area (Å²) >= 11 is 0. The maximum atomic E-state index is 11.5. The summed E-state index contributed by atoms with van der Waals surface area (Å²) in [6.07, 6.45) is 0.686. The van der Waals surface area contributed by atoms with E-state index >= 15 is 0 Å². The molecule has 15 heavy (non-hydrogen) atoms. The number of morpholine rings is 1. The van der Waals surface area contributed by atoms with Gasteiger partial charge in [-0.15, -0.1) is 0 Å². The SMILES string of the molecule is CC(C)(C)CCOC(=O)N1CCOCC1. The molecule has 1 heterocycles. The molecule has 4 heteroatoms. The third-order valence-electron chi connectivity index (χ3n) is 2.35. The van der Waals surface area contributed by atoms with Crippen LogP contribution in [0, 0.1) is 5.41 Å². The summed E-state index contributed by atoms with van der Waals surface area (Å²) in [5.74, 6) is 0. The smallest absolute Gasteiger partial charge is 0.409 e. The van der Waals surface area contributed by atoms with E-state index in [9.17, 15) is 4.79 Å². The van der Waals surface area contributed by atoms with Crippen molar-refractivity contribution >= 4 is 6.09 Å². The summed E-state index contributed by atoms with van der Waals surface area (Å²) in [5, 5.41) is 0. The Kier molecular flexibility index (Phi) is 4.39. The number of carbonyl (C=O) groups is 1. The minimum absolute atomic E-state index is 0.206. The van der Waals surface area contributed by atoms with Gasteiger partial charge in [-0.2, -0.15) is 0 Å². The van der Waals surface area contributed by atoms with E-state index in [4.69, 9.17) is 9.47 Å². The van der Waals surface area contributed by atoms with Crippen molar-refractivity contribution in [3.63, 3.8) is 0 Å². The van der Waals surface area contributed by atoms with E-state index < -0.39 is 0 Å². The van der Waals surface area contributed by atoms with Crippen LogP contribution in [0.15, 0.2) is 0 Å². The van der Waals surface area contributed by atoms with Crippen LogP contribution in [-0.2, 0) is 9.47 Å². The summed E-state index contributed by atoms with van der Waals surface area (Å²) in [6, 6.07) is 0. The summed E-state index contributed by atoms with van der Waals surface area (Å²) in [4.78, 5) is 13.2. The Morgan fingerprint density at radius 3 is 2.47 bits per heavy atom. The van der Waals surface area contributed by atoms with Gasteiger partial charge in [-0.1, -0.05) is 20.8 Å². The highest BCUT2D eigenvalue weighted by Crippen LogP contribution is 2.18. The number of hydrogen-bond donors (Lipinski definition) is 0. The highest BCUT2D eigenvalue weighted by molar-refractivity contribution is 5.67. The molecule has 0 aromatic rings. The standard InChI is InChI=1S/C11H21NO3/c1-11(2,3)4-7-15-10(13)12-5-8-14-9-6-12/h4-9H2,1-3H3. The predicted octanol–water partition coefficient (Wildman–Crippen LogP) is 1.89. The van der Waals surface area contributed by atoms with Crippen LogP contribution in [0.2, 0.25) is 0 Å². The highest BCUT2D eigenvalue weighted by Gasteiger charge is 2.18. The van der Waals surface area contributed by atoms with E-state index in [2.05, 4.69) is 20.8 Å². The molecule has 0 atom stereocenters. The van der Waals surface area contributed by atoms with Crippen LogP contribution in [0.25, 0.3) is 0 Å². The fraction of sp³-hybridized carbons (Fsp3) is 0.909. The van der Waals surface area contributed by atoms with Gasteiger partial charge in [-0.25, -0.2) is 4.79 Å². The number of rotatable bonds is 2. The van der Waals surface area contributed by atoms with Crippen molar-refractivity contribution in [2.45, 2.75) is 27.2 Å². The molecule has 0 radical (unpaired) electrons. The van der Waals surface area contributed by atoms with E-state index in [-0.39, 0.29) is 11.5 Å². The van der Waals surface area contributed by atoms with Crippen LogP contribution < -0.4 is 0 Å². The molecule has 1 rings (SSSR count). The number of hydrogen-bond acceptors (Lipinski definition) is 3. The van der Waals surface area contributed by atoms with Gasteiger partial charge in [0, 0.05) is 13.1 Å². The van der Waals surface area contributed by atoms with Crippen LogP contribution >= 0.6 is 0 Å². The Morgan fingerprint density at radius 1 is 1.33 bits per heavy atom. The van der Waals surface area contributed by atoms with Gasteiger partial charge >= 0.3 is 6.09 Å². The number of nitrogens with zero attached hydrogens (tertiary/aromatic N) is 1. The molecule has 0 aromatic heterocycles. The largest absolute Gasteiger partial charge is 0.449 e. The normalized spacial score (nSPS) is 17.7. The van der Waals surface area contributed by atoms with Gasteiger partial charge in [0.2, 0.25) is 0 Å². The van der Waals surface area contributed by atoms with Gasteiger partial charge in [-0.3, -0.25) is 0 Å². The Labute approximate surface area is 91.5 Å². The third-order valence-corrected chi connectivity index (χ3v) is 2.35. The monoisotopic (exact) mass is 215 g/mol. The van der Waals surface area contributed by atoms with Crippen molar-refractivity contribution in [1.29, 1.82) is 0 Å². The molecule has 4 nitrogen and oxygen atoms in total. The Hall–Kier alpha value is -0.770. The zero-order chi connectivity index (χ0) is 11.3. The Morgan fingerprint density at radius 2 is 1.93 bits per heavy atom. The highest BCUT2D eigenvalue weighted by atomic mass is 16.6. The van der Waals surface area contributed by atoms with Gasteiger partial charge in [-0.05, 0) is 11.8 Å². The van der Waals surface area contributed by atoms with Crippen LogP contribution in [0.4, 0.5) is 4.79 Å². The van der Waals surface area contributed by atoms with E-state index in [1.165, 1.54) is 0 Å². The lowest BCUT2D eigenvalue weighted by atomic mass is 9.93. The molecular formula is C11H21NO3. The first-order chi connectivity index (χ1) is 6.99. The summed E-state index contributed by atoms with van der Waals surface area (Å²) < 4.78 is 10.3. The molecule has 1 saturated heterocycles. The average Bonchev–Trinajstić information content (AvgIpc) is 2.17. The lowest BCUT2D eigenvalue weighted by molar-refractivity contribution is 0.0247. The fourth-order valence-electron chi connectivity index (χ4n) is 1.28. The van der Waals surface area contributed by atoms with E-state index in [0.717, 1.165) is 6.42 Å². The molecule has 88 valence electrons. The lowest BCUT2D eigenvalue weighted by Crippen LogP contribution is -2.41. The van der Waals surface area contributed by atoms with Crippen molar-refractivity contribution in [3.05, 3.63) is 0 Å². The lowest BCUT2D eigenvalue weighted by Gasteiger charge is -2.26. The minimum atomic E-state index is -0.206. The molecule has 0 N–H and O–H groups in total. The molecule has 1 amide bonds. The van der Waals surface area contributed by atoms with Gasteiger partial charge in [0.05, 0.1) is 19.8 Å². The van der Waals surface area contributed by atoms with Crippen molar-refractivity contribution in [2.24, 2.45) is 5.41 Å². The second kappa shape index (κ2) is 5.35. The van der Waals surface area contributed by atoms with Crippen LogP contribution in [0.3, 0.4) is 0 Å². The Balaban J connectivity index is 2.17. The summed E-state index contributed by atoms with van der Waals surface area (Å²) in [5.41, 5.74) is 0.214. The van der Waals surface area contributed by atoms with E-state index in [1.54, 1.807) is 4.90 Å². The second-order valence-corrected chi connectivity index (χ2v) is 5.02. The topological polar surface area (TPSA) is 38.8 Å². The maximum Gasteiger partial charge on any atom is 0.409 e.